The molecule has 0 aromatic heterocycles. The van der Waals surface area contributed by atoms with Crippen LogP contribution in [0.3, 0.4) is 0 Å². The highest BCUT2D eigenvalue weighted by molar-refractivity contribution is 9.10. The quantitative estimate of drug-likeness (QED) is 0.497. The highest BCUT2D eigenvalue weighted by atomic mass is 79.9. The fourth-order valence-electron chi connectivity index (χ4n) is 2.01. The average molecular weight is 509 g/mol. The molecule has 2 amide bonds. The number of ether oxygens (including phenoxy) is 1. The lowest BCUT2D eigenvalue weighted by atomic mass is 10.2. The van der Waals surface area contributed by atoms with Crippen LogP contribution in [-0.2, 0) is 19.1 Å². The second-order valence-electron chi connectivity index (χ2n) is 5.51. The molecule has 0 spiro atoms. The number of rotatable bonds is 7. The van der Waals surface area contributed by atoms with Crippen molar-refractivity contribution in [1.29, 1.82) is 0 Å². The van der Waals surface area contributed by atoms with Gasteiger partial charge in [-0.1, -0.05) is 50.7 Å². The first kappa shape index (κ1) is 22.5. The molecule has 148 valence electrons. The largest absolute Gasteiger partial charge is 0.456 e. The summed E-state index contributed by atoms with van der Waals surface area (Å²) in [7, 11) is 0. The maximum Gasteiger partial charge on any atom is 0.306 e. The van der Waals surface area contributed by atoms with E-state index in [-0.39, 0.29) is 17.9 Å². The molecular formula is C18H14BrCl3N2O4. The lowest BCUT2D eigenvalue weighted by molar-refractivity contribution is -0.147. The van der Waals surface area contributed by atoms with Gasteiger partial charge in [-0.3, -0.25) is 14.4 Å². The van der Waals surface area contributed by atoms with E-state index in [1.807, 2.05) is 0 Å². The van der Waals surface area contributed by atoms with Gasteiger partial charge < -0.3 is 15.4 Å². The molecule has 0 fully saturated rings. The van der Waals surface area contributed by atoms with Gasteiger partial charge in [0.05, 0.1) is 27.8 Å². The Bertz CT molecular complexity index is 837. The third-order valence-corrected chi connectivity index (χ3v) is 4.68. The number of carbonyl (C=O) groups excluding carboxylic acids is 3. The van der Waals surface area contributed by atoms with Crippen LogP contribution in [0.2, 0.25) is 15.1 Å². The Labute approximate surface area is 184 Å². The molecular weight excluding hydrogens is 494 g/mol. The van der Waals surface area contributed by atoms with Gasteiger partial charge in [-0.25, -0.2) is 0 Å². The third kappa shape index (κ3) is 7.31. The fourth-order valence-corrected chi connectivity index (χ4v) is 3.19. The fraction of sp³-hybridized carbons (Fsp3) is 0.167. The van der Waals surface area contributed by atoms with Crippen LogP contribution >= 0.6 is 50.7 Å². The first-order valence-corrected chi connectivity index (χ1v) is 9.82. The first-order valence-electron chi connectivity index (χ1n) is 7.90. The predicted molar refractivity (Wildman–Crippen MR) is 113 cm³/mol. The molecule has 0 unspecified atom stereocenters. The topological polar surface area (TPSA) is 84.5 Å². The number of esters is 1. The van der Waals surface area contributed by atoms with Crippen LogP contribution in [0.15, 0.2) is 40.9 Å². The van der Waals surface area contributed by atoms with E-state index in [1.165, 1.54) is 6.07 Å². The van der Waals surface area contributed by atoms with Crippen LogP contribution in [-0.4, -0.2) is 24.4 Å². The van der Waals surface area contributed by atoms with Crippen molar-refractivity contribution in [3.63, 3.8) is 0 Å². The molecule has 0 saturated carbocycles. The Morgan fingerprint density at radius 2 is 1.46 bits per heavy atom. The molecule has 2 aromatic rings. The zero-order valence-corrected chi connectivity index (χ0v) is 18.1. The van der Waals surface area contributed by atoms with Gasteiger partial charge in [0.25, 0.3) is 5.91 Å². The molecule has 0 aliphatic rings. The van der Waals surface area contributed by atoms with E-state index in [9.17, 15) is 14.4 Å². The van der Waals surface area contributed by atoms with Gasteiger partial charge in [0.2, 0.25) is 5.91 Å². The van der Waals surface area contributed by atoms with Gasteiger partial charge in [-0.05, 0) is 36.4 Å². The molecule has 6 nitrogen and oxygen atoms in total. The Morgan fingerprint density at radius 3 is 2.11 bits per heavy atom. The zero-order valence-electron chi connectivity index (χ0n) is 14.2. The van der Waals surface area contributed by atoms with E-state index in [4.69, 9.17) is 39.5 Å². The van der Waals surface area contributed by atoms with E-state index in [2.05, 4.69) is 26.6 Å². The maximum absolute atomic E-state index is 11.9. The lowest BCUT2D eigenvalue weighted by Gasteiger charge is -2.09. The number of anilines is 2. The van der Waals surface area contributed by atoms with Gasteiger partial charge in [0.1, 0.15) is 0 Å². The zero-order chi connectivity index (χ0) is 20.7. The Hall–Kier alpha value is -1.80. The number of nitrogens with one attached hydrogen (secondary N) is 2. The molecule has 0 aliphatic carbocycles. The molecule has 0 saturated heterocycles. The van der Waals surface area contributed by atoms with Crippen molar-refractivity contribution in [2.24, 2.45) is 0 Å². The number of amides is 2. The highest BCUT2D eigenvalue weighted by Crippen LogP contribution is 2.26. The number of benzene rings is 2. The molecule has 0 radical (unpaired) electrons. The normalized spacial score (nSPS) is 10.3. The van der Waals surface area contributed by atoms with Crippen LogP contribution in [0.1, 0.15) is 12.8 Å². The van der Waals surface area contributed by atoms with Gasteiger partial charge in [0.15, 0.2) is 6.61 Å². The minimum Gasteiger partial charge on any atom is -0.456 e. The first-order chi connectivity index (χ1) is 13.2. The Morgan fingerprint density at radius 1 is 0.857 bits per heavy atom. The number of hydrogen-bond donors (Lipinski definition) is 2. The second kappa shape index (κ2) is 10.7. The summed E-state index contributed by atoms with van der Waals surface area (Å²) >= 11 is 21.0. The van der Waals surface area contributed by atoms with Crippen molar-refractivity contribution in [2.45, 2.75) is 12.8 Å². The summed E-state index contributed by atoms with van der Waals surface area (Å²) in [5.41, 5.74) is 0.778. The van der Waals surface area contributed by atoms with Crippen molar-refractivity contribution < 1.29 is 19.1 Å². The van der Waals surface area contributed by atoms with E-state index >= 15 is 0 Å². The van der Waals surface area contributed by atoms with Crippen molar-refractivity contribution in [2.75, 3.05) is 17.2 Å². The van der Waals surface area contributed by atoms with Crippen LogP contribution in [0.5, 0.6) is 0 Å². The summed E-state index contributed by atoms with van der Waals surface area (Å²) in [5.74, 6) is -1.66. The SMILES string of the molecule is O=C(CCC(=O)OCC(=O)Nc1ccc(Br)cc1Cl)Nc1ccc(Cl)cc1Cl. The van der Waals surface area contributed by atoms with Crippen LogP contribution < -0.4 is 10.6 Å². The molecule has 28 heavy (non-hydrogen) atoms. The molecule has 2 aromatic carbocycles. The molecule has 2 N–H and O–H groups in total. The minimum atomic E-state index is -0.686. The summed E-state index contributed by atoms with van der Waals surface area (Å²) in [6.07, 6.45) is -0.318. The molecule has 0 heterocycles. The summed E-state index contributed by atoms with van der Waals surface area (Å²) < 4.78 is 5.62. The molecule has 0 bridgehead atoms. The third-order valence-electron chi connectivity index (χ3n) is 3.33. The van der Waals surface area contributed by atoms with Crippen molar-refractivity contribution >= 4 is 79.9 Å². The maximum atomic E-state index is 11.9. The van der Waals surface area contributed by atoms with Crippen molar-refractivity contribution in [1.82, 2.24) is 0 Å². The van der Waals surface area contributed by atoms with Gasteiger partial charge in [0, 0.05) is 15.9 Å². The van der Waals surface area contributed by atoms with Crippen molar-refractivity contribution in [3.8, 4) is 0 Å². The second-order valence-corrected chi connectivity index (χ2v) is 7.67. The monoisotopic (exact) mass is 506 g/mol. The highest BCUT2D eigenvalue weighted by Gasteiger charge is 2.13. The summed E-state index contributed by atoms with van der Waals surface area (Å²) in [4.78, 5) is 35.4. The van der Waals surface area contributed by atoms with Gasteiger partial charge >= 0.3 is 5.97 Å². The summed E-state index contributed by atoms with van der Waals surface area (Å²) in [5, 5.41) is 6.16. The minimum absolute atomic E-state index is 0.127. The average Bonchev–Trinajstić information content (AvgIpc) is 2.63. The van der Waals surface area contributed by atoms with Crippen LogP contribution in [0.25, 0.3) is 0 Å². The molecule has 0 atom stereocenters. The molecule has 10 heteroatoms. The van der Waals surface area contributed by atoms with Crippen LogP contribution in [0.4, 0.5) is 11.4 Å². The van der Waals surface area contributed by atoms with Crippen LogP contribution in [0, 0.1) is 0 Å². The summed E-state index contributed by atoms with van der Waals surface area (Å²) in [6, 6.07) is 9.56. The smallest absolute Gasteiger partial charge is 0.306 e. The Balaban J connectivity index is 1.73. The number of hydrogen-bond acceptors (Lipinski definition) is 4. The number of carbonyl (C=O) groups is 3. The predicted octanol–water partition coefficient (Wildman–Crippen LogP) is 5.31. The summed E-state index contributed by atoms with van der Waals surface area (Å²) in [6.45, 7) is -0.490. The van der Waals surface area contributed by atoms with Crippen molar-refractivity contribution in [3.05, 3.63) is 55.9 Å². The standard InChI is InChI=1S/C18H14BrCl3N2O4/c19-10-1-3-14(12(21)7-10)24-17(26)9-28-18(27)6-5-16(25)23-15-4-2-11(20)8-13(15)22/h1-4,7-8H,5-6,9H2,(H,23,25)(H,24,26). The molecule has 2 rings (SSSR count). The number of halogens is 4. The van der Waals surface area contributed by atoms with E-state index in [0.29, 0.717) is 21.4 Å². The van der Waals surface area contributed by atoms with Gasteiger partial charge in [-0.15, -0.1) is 0 Å². The molecule has 0 aliphatic heterocycles. The van der Waals surface area contributed by atoms with E-state index in [0.717, 1.165) is 4.47 Å². The van der Waals surface area contributed by atoms with Gasteiger partial charge in [-0.2, -0.15) is 0 Å². The van der Waals surface area contributed by atoms with E-state index in [1.54, 1.807) is 30.3 Å². The Kier molecular flexibility index (Phi) is 8.57. The van der Waals surface area contributed by atoms with E-state index < -0.39 is 24.4 Å². The lowest BCUT2D eigenvalue weighted by Crippen LogP contribution is -2.22.